The van der Waals surface area contributed by atoms with Crippen LogP contribution in [0.1, 0.15) is 44.5 Å². The fourth-order valence-electron chi connectivity index (χ4n) is 5.31. The Hall–Kier alpha value is -4.54. The van der Waals surface area contributed by atoms with Gasteiger partial charge < -0.3 is 9.47 Å². The second-order valence-electron chi connectivity index (χ2n) is 8.59. The van der Waals surface area contributed by atoms with E-state index >= 15 is 0 Å². The fraction of sp³-hybridized carbons (Fsp3) is 0.133. The number of hydrogen-bond donors (Lipinski definition) is 0. The number of hydrogen-bond acceptors (Lipinski definition) is 4. The number of benzene rings is 4. The normalized spacial score (nSPS) is 13.1. The van der Waals surface area contributed by atoms with Crippen LogP contribution >= 0.6 is 0 Å². The Kier molecular flexibility index (Phi) is 5.28. The highest BCUT2D eigenvalue weighted by Crippen LogP contribution is 2.51. The van der Waals surface area contributed by atoms with E-state index in [0.29, 0.717) is 11.5 Å². The molecule has 0 radical (unpaired) electrons. The second-order valence-corrected chi connectivity index (χ2v) is 8.59. The molecule has 0 N–H and O–H groups in total. The van der Waals surface area contributed by atoms with E-state index in [0.717, 1.165) is 28.7 Å². The van der Waals surface area contributed by atoms with E-state index in [1.54, 1.807) is 12.5 Å². The first kappa shape index (κ1) is 21.3. The number of nitriles is 2. The summed E-state index contributed by atoms with van der Waals surface area (Å²) in [5.74, 6) is 1.10. The van der Waals surface area contributed by atoms with E-state index in [4.69, 9.17) is 20.0 Å². The number of ether oxygens (including phenoxy) is 2. The smallest absolute Gasteiger partial charge is 0.292 e. The van der Waals surface area contributed by atoms with E-state index in [-0.39, 0.29) is 0 Å². The maximum Gasteiger partial charge on any atom is 0.292 e. The van der Waals surface area contributed by atoms with Crippen LogP contribution in [0, 0.1) is 36.9 Å². The number of fused-ring (bicyclic) bond motifs is 2. The molecule has 0 atom stereocenters. The van der Waals surface area contributed by atoms with Gasteiger partial charge in [0, 0.05) is 0 Å². The molecule has 5 rings (SSSR count). The molecule has 0 aliphatic heterocycles. The van der Waals surface area contributed by atoms with Gasteiger partial charge in [0.15, 0.2) is 0 Å². The molecule has 0 bridgehead atoms. The van der Waals surface area contributed by atoms with E-state index in [1.165, 1.54) is 22.3 Å². The topological polar surface area (TPSA) is 66.0 Å². The molecule has 0 aromatic heterocycles. The number of nitrogens with zero attached hydrogens (tertiary/aromatic N) is 2. The molecule has 0 fully saturated rings. The summed E-state index contributed by atoms with van der Waals surface area (Å²) in [7, 11) is 0. The average Bonchev–Trinajstić information content (AvgIpc) is 2.85. The average molecular weight is 443 g/mol. The lowest BCUT2D eigenvalue weighted by Crippen LogP contribution is -2.36. The fourth-order valence-corrected chi connectivity index (χ4v) is 5.31. The molecule has 0 spiro atoms. The second kappa shape index (κ2) is 8.43. The zero-order valence-electron chi connectivity index (χ0n) is 19.0. The molecule has 0 saturated carbocycles. The molecule has 164 valence electrons. The van der Waals surface area contributed by atoms with Crippen LogP contribution in [-0.4, -0.2) is 0 Å². The molecular formula is C30H22N2O2. The number of rotatable bonds is 4. The monoisotopic (exact) mass is 442 g/mol. The molecule has 4 nitrogen and oxygen atoms in total. The zero-order valence-corrected chi connectivity index (χ0v) is 19.0. The Balaban J connectivity index is 1.89. The summed E-state index contributed by atoms with van der Waals surface area (Å²) in [5, 5.41) is 18.1. The molecular weight excluding hydrogens is 420 g/mol. The van der Waals surface area contributed by atoms with Crippen molar-refractivity contribution in [2.45, 2.75) is 25.7 Å². The van der Waals surface area contributed by atoms with E-state index in [2.05, 4.69) is 60.7 Å². The predicted octanol–water partition coefficient (Wildman–Crippen LogP) is 6.31. The van der Waals surface area contributed by atoms with Gasteiger partial charge in [-0.05, 0) is 76.9 Å². The largest absolute Gasteiger partial charge is 0.388 e. The first-order chi connectivity index (χ1) is 16.6. The van der Waals surface area contributed by atoms with E-state index in [1.807, 2.05) is 38.1 Å². The van der Waals surface area contributed by atoms with Gasteiger partial charge in [0.05, 0.1) is 5.41 Å². The minimum absolute atomic E-state index is 0.549. The first-order valence-corrected chi connectivity index (χ1v) is 11.1. The van der Waals surface area contributed by atoms with Crippen LogP contribution in [0.25, 0.3) is 0 Å². The van der Waals surface area contributed by atoms with Crippen molar-refractivity contribution in [3.8, 4) is 24.0 Å². The molecule has 0 saturated heterocycles. The highest BCUT2D eigenvalue weighted by Gasteiger charge is 2.44. The molecule has 0 unspecified atom stereocenters. The van der Waals surface area contributed by atoms with Gasteiger partial charge in [0.1, 0.15) is 11.5 Å². The predicted molar refractivity (Wildman–Crippen MR) is 130 cm³/mol. The summed E-state index contributed by atoms with van der Waals surface area (Å²) in [6, 6.07) is 29.2. The van der Waals surface area contributed by atoms with E-state index in [9.17, 15) is 0 Å². The van der Waals surface area contributed by atoms with Gasteiger partial charge in [-0.1, -0.05) is 72.8 Å². The summed E-state index contributed by atoms with van der Waals surface area (Å²) in [5.41, 5.74) is 8.34. The van der Waals surface area contributed by atoms with Gasteiger partial charge >= 0.3 is 0 Å². The quantitative estimate of drug-likeness (QED) is 0.306. The van der Waals surface area contributed by atoms with Crippen LogP contribution in [0.3, 0.4) is 0 Å². The van der Waals surface area contributed by atoms with Crippen LogP contribution in [-0.2, 0) is 11.8 Å². The molecule has 4 heteroatoms. The number of aryl methyl sites for hydroxylation is 2. The van der Waals surface area contributed by atoms with Gasteiger partial charge in [-0.15, -0.1) is 10.5 Å². The molecule has 34 heavy (non-hydrogen) atoms. The lowest BCUT2D eigenvalue weighted by atomic mass is 9.59. The highest BCUT2D eigenvalue weighted by atomic mass is 16.5. The minimum Gasteiger partial charge on any atom is -0.388 e. The third kappa shape index (κ3) is 3.20. The third-order valence-electron chi connectivity index (χ3n) is 6.75. The highest BCUT2D eigenvalue weighted by molar-refractivity contribution is 5.68. The van der Waals surface area contributed by atoms with Crippen LogP contribution in [0.4, 0.5) is 0 Å². The van der Waals surface area contributed by atoms with Gasteiger partial charge in [0.25, 0.3) is 12.5 Å². The molecule has 1 aliphatic carbocycles. The zero-order chi connectivity index (χ0) is 23.7. The van der Waals surface area contributed by atoms with Gasteiger partial charge in [0.2, 0.25) is 0 Å². The van der Waals surface area contributed by atoms with Crippen LogP contribution < -0.4 is 9.47 Å². The van der Waals surface area contributed by atoms with E-state index < -0.39 is 5.41 Å². The van der Waals surface area contributed by atoms with Gasteiger partial charge in [-0.2, -0.15) is 0 Å². The van der Waals surface area contributed by atoms with Crippen molar-refractivity contribution in [1.29, 1.82) is 10.5 Å². The van der Waals surface area contributed by atoms with Gasteiger partial charge in [-0.25, -0.2) is 0 Å². The lowest BCUT2D eigenvalue weighted by molar-refractivity contribution is 0.501. The summed E-state index contributed by atoms with van der Waals surface area (Å²) in [6.45, 7) is 3.92. The Morgan fingerprint density at radius 1 is 0.647 bits per heavy atom. The van der Waals surface area contributed by atoms with Crippen molar-refractivity contribution in [2.24, 2.45) is 0 Å². The van der Waals surface area contributed by atoms with Crippen molar-refractivity contribution in [3.05, 3.63) is 129 Å². The third-order valence-corrected chi connectivity index (χ3v) is 6.75. The Morgan fingerprint density at radius 2 is 1.09 bits per heavy atom. The maximum atomic E-state index is 9.04. The van der Waals surface area contributed by atoms with Gasteiger partial charge in [-0.3, -0.25) is 0 Å². The molecule has 0 heterocycles. The van der Waals surface area contributed by atoms with Crippen LogP contribution in [0.2, 0.25) is 0 Å². The standard InChI is InChI=1S/C30H22N2O2/c1-20-15-24(11-13-28(20)33-18-31)30(25-12-14-29(34-19-32)21(2)16-25)26-9-5-3-7-22(26)17-23-8-4-6-10-27(23)30/h3-16H,17H2,1-2H3. The van der Waals surface area contributed by atoms with Crippen LogP contribution in [0.5, 0.6) is 11.5 Å². The lowest BCUT2D eigenvalue weighted by Gasteiger charge is -2.42. The Bertz CT molecular complexity index is 1380. The molecule has 4 aromatic rings. The van der Waals surface area contributed by atoms with Crippen molar-refractivity contribution in [3.63, 3.8) is 0 Å². The van der Waals surface area contributed by atoms with Crippen molar-refractivity contribution in [2.75, 3.05) is 0 Å². The van der Waals surface area contributed by atoms with Crippen molar-refractivity contribution >= 4 is 0 Å². The Morgan fingerprint density at radius 3 is 1.50 bits per heavy atom. The van der Waals surface area contributed by atoms with Crippen molar-refractivity contribution in [1.82, 2.24) is 0 Å². The van der Waals surface area contributed by atoms with Crippen molar-refractivity contribution < 1.29 is 9.47 Å². The molecule has 4 aromatic carbocycles. The van der Waals surface area contributed by atoms with Crippen LogP contribution in [0.15, 0.2) is 84.9 Å². The Labute approximate surface area is 199 Å². The SMILES string of the molecule is Cc1cc(C2(c3ccc(OC#N)c(C)c3)c3ccccc3Cc3ccccc32)ccc1OC#N. The summed E-state index contributed by atoms with van der Waals surface area (Å²) in [6.07, 6.45) is 4.42. The summed E-state index contributed by atoms with van der Waals surface area (Å²) in [4.78, 5) is 0. The summed E-state index contributed by atoms with van der Waals surface area (Å²) >= 11 is 0. The maximum absolute atomic E-state index is 9.04. The first-order valence-electron chi connectivity index (χ1n) is 11.1. The summed E-state index contributed by atoms with van der Waals surface area (Å²) < 4.78 is 10.4. The molecule has 1 aliphatic rings. The molecule has 0 amide bonds. The minimum atomic E-state index is -0.586.